The molecule has 0 radical (unpaired) electrons. The number of amides is 1. The molecular formula is C23H33N3O2. The molecule has 152 valence electrons. The summed E-state index contributed by atoms with van der Waals surface area (Å²) in [5.74, 6) is 3.92. The molecule has 6 rings (SSSR count). The van der Waals surface area contributed by atoms with Gasteiger partial charge in [-0.3, -0.25) is 4.79 Å². The van der Waals surface area contributed by atoms with Crippen LogP contribution in [0, 0.1) is 17.8 Å². The number of ether oxygens (including phenoxy) is 1. The van der Waals surface area contributed by atoms with Crippen molar-refractivity contribution >= 4 is 11.6 Å². The Morgan fingerprint density at radius 1 is 1.00 bits per heavy atom. The van der Waals surface area contributed by atoms with Crippen molar-refractivity contribution in [3.63, 3.8) is 0 Å². The Hall–Kier alpha value is -1.75. The van der Waals surface area contributed by atoms with E-state index in [1.54, 1.807) is 7.11 Å². The van der Waals surface area contributed by atoms with Crippen molar-refractivity contribution in [1.29, 1.82) is 0 Å². The summed E-state index contributed by atoms with van der Waals surface area (Å²) in [6.45, 7) is 3.94. The first kappa shape index (κ1) is 18.3. The highest BCUT2D eigenvalue weighted by Gasteiger charge is 2.50. The molecule has 0 spiro atoms. The molecule has 4 bridgehead atoms. The summed E-state index contributed by atoms with van der Waals surface area (Å²) in [5.41, 5.74) is 1.48. The first-order chi connectivity index (χ1) is 13.6. The minimum Gasteiger partial charge on any atom is -0.497 e. The van der Waals surface area contributed by atoms with Crippen LogP contribution in [-0.4, -0.2) is 56.2 Å². The molecule has 0 unspecified atom stereocenters. The summed E-state index contributed by atoms with van der Waals surface area (Å²) < 4.78 is 5.24. The van der Waals surface area contributed by atoms with Crippen molar-refractivity contribution in [3.05, 3.63) is 24.3 Å². The summed E-state index contributed by atoms with van der Waals surface area (Å²) in [6, 6.07) is 8.21. The number of methoxy groups -OCH3 is 1. The lowest BCUT2D eigenvalue weighted by molar-refractivity contribution is -0.131. The smallest absolute Gasteiger partial charge is 0.236 e. The van der Waals surface area contributed by atoms with Crippen LogP contribution < -0.4 is 15.0 Å². The van der Waals surface area contributed by atoms with E-state index in [0.717, 1.165) is 49.7 Å². The van der Waals surface area contributed by atoms with Crippen molar-refractivity contribution in [2.75, 3.05) is 44.7 Å². The third kappa shape index (κ3) is 3.49. The molecule has 4 saturated carbocycles. The van der Waals surface area contributed by atoms with Gasteiger partial charge in [-0.25, -0.2) is 0 Å². The lowest BCUT2D eigenvalue weighted by Crippen LogP contribution is -2.60. The fourth-order valence-electron chi connectivity index (χ4n) is 6.71. The second-order valence-corrected chi connectivity index (χ2v) is 9.62. The van der Waals surface area contributed by atoms with Gasteiger partial charge >= 0.3 is 0 Å². The Morgan fingerprint density at radius 2 is 1.57 bits per heavy atom. The van der Waals surface area contributed by atoms with E-state index in [-0.39, 0.29) is 11.4 Å². The number of carbonyl (C=O) groups is 1. The quantitative estimate of drug-likeness (QED) is 0.849. The molecule has 1 N–H and O–H groups in total. The van der Waals surface area contributed by atoms with Gasteiger partial charge in [0.05, 0.1) is 13.7 Å². The van der Waals surface area contributed by atoms with Gasteiger partial charge in [-0.2, -0.15) is 0 Å². The highest BCUT2D eigenvalue weighted by Crippen LogP contribution is 2.55. The lowest BCUT2D eigenvalue weighted by atomic mass is 9.53. The van der Waals surface area contributed by atoms with E-state index in [4.69, 9.17) is 4.74 Å². The Bertz CT molecular complexity index is 674. The number of nitrogens with one attached hydrogen (secondary N) is 1. The molecule has 0 atom stereocenters. The summed E-state index contributed by atoms with van der Waals surface area (Å²) in [7, 11) is 1.69. The van der Waals surface area contributed by atoms with Crippen LogP contribution in [0.25, 0.3) is 0 Å². The normalized spacial score (nSPS) is 34.0. The monoisotopic (exact) mass is 383 g/mol. The number of rotatable bonds is 5. The van der Waals surface area contributed by atoms with E-state index in [0.29, 0.717) is 6.54 Å². The van der Waals surface area contributed by atoms with Gasteiger partial charge in [-0.05, 0) is 80.5 Å². The molecule has 4 aliphatic carbocycles. The molecule has 1 aromatic rings. The Balaban J connectivity index is 1.12. The average Bonchev–Trinajstić information content (AvgIpc) is 2.71. The molecule has 1 amide bonds. The molecular weight excluding hydrogens is 350 g/mol. The molecule has 5 aliphatic rings. The van der Waals surface area contributed by atoms with Crippen LogP contribution in [-0.2, 0) is 4.79 Å². The third-order valence-electron chi connectivity index (χ3n) is 7.72. The molecule has 1 aliphatic heterocycles. The Labute approximate surface area is 168 Å². The van der Waals surface area contributed by atoms with Gasteiger partial charge in [0.2, 0.25) is 5.91 Å². The number of nitrogens with zero attached hydrogens (tertiary/aromatic N) is 2. The summed E-state index contributed by atoms with van der Waals surface area (Å²) in [5, 5.41) is 3.76. The van der Waals surface area contributed by atoms with E-state index in [9.17, 15) is 4.79 Å². The molecule has 5 heteroatoms. The number of benzene rings is 1. The molecule has 1 saturated heterocycles. The zero-order valence-corrected chi connectivity index (χ0v) is 17.0. The van der Waals surface area contributed by atoms with Gasteiger partial charge in [-0.15, -0.1) is 0 Å². The standard InChI is InChI=1S/C23H33N3O2/c1-28-21-4-2-20(3-5-21)25-6-8-26(9-7-25)22(27)16-24-23-13-17-10-18(14-23)12-19(11-17)15-23/h2-5,17-19,24H,6-16H2,1H3. The first-order valence-electron chi connectivity index (χ1n) is 11.0. The van der Waals surface area contributed by atoms with Crippen LogP contribution in [0.2, 0.25) is 0 Å². The average molecular weight is 384 g/mol. The van der Waals surface area contributed by atoms with Gasteiger partial charge in [-0.1, -0.05) is 0 Å². The number of carbonyl (C=O) groups excluding carboxylic acids is 1. The van der Waals surface area contributed by atoms with E-state index in [1.807, 2.05) is 17.0 Å². The van der Waals surface area contributed by atoms with E-state index >= 15 is 0 Å². The van der Waals surface area contributed by atoms with Crippen molar-refractivity contribution in [2.24, 2.45) is 17.8 Å². The molecule has 28 heavy (non-hydrogen) atoms. The van der Waals surface area contributed by atoms with Gasteiger partial charge in [0, 0.05) is 37.4 Å². The lowest BCUT2D eigenvalue weighted by Gasteiger charge is -2.57. The van der Waals surface area contributed by atoms with Gasteiger partial charge < -0.3 is 19.9 Å². The van der Waals surface area contributed by atoms with E-state index in [1.165, 1.54) is 44.2 Å². The van der Waals surface area contributed by atoms with Gasteiger partial charge in [0.1, 0.15) is 5.75 Å². The maximum absolute atomic E-state index is 12.8. The van der Waals surface area contributed by atoms with Crippen molar-refractivity contribution in [3.8, 4) is 5.75 Å². The topological polar surface area (TPSA) is 44.8 Å². The zero-order chi connectivity index (χ0) is 19.1. The van der Waals surface area contributed by atoms with Gasteiger partial charge in [0.15, 0.2) is 0 Å². The molecule has 0 aromatic heterocycles. The fraction of sp³-hybridized carbons (Fsp3) is 0.696. The molecule has 5 fully saturated rings. The SMILES string of the molecule is COc1ccc(N2CCN(C(=O)CNC34CC5CC(CC(C5)C3)C4)CC2)cc1. The molecule has 5 nitrogen and oxygen atoms in total. The van der Waals surface area contributed by atoms with E-state index in [2.05, 4.69) is 22.3 Å². The van der Waals surface area contributed by atoms with Crippen LogP contribution in [0.1, 0.15) is 38.5 Å². The van der Waals surface area contributed by atoms with Crippen molar-refractivity contribution in [2.45, 2.75) is 44.1 Å². The zero-order valence-electron chi connectivity index (χ0n) is 17.0. The first-order valence-corrected chi connectivity index (χ1v) is 11.0. The Kier molecular flexibility index (Phi) is 4.74. The maximum atomic E-state index is 12.8. The third-order valence-corrected chi connectivity index (χ3v) is 7.72. The summed E-state index contributed by atoms with van der Waals surface area (Å²) in [6.07, 6.45) is 8.25. The van der Waals surface area contributed by atoms with Crippen LogP contribution in [0.15, 0.2) is 24.3 Å². The van der Waals surface area contributed by atoms with Crippen molar-refractivity contribution in [1.82, 2.24) is 10.2 Å². The highest BCUT2D eigenvalue weighted by molar-refractivity contribution is 5.78. The van der Waals surface area contributed by atoms with Gasteiger partial charge in [0.25, 0.3) is 0 Å². The fourth-order valence-corrected chi connectivity index (χ4v) is 6.71. The number of hydrogen-bond acceptors (Lipinski definition) is 4. The maximum Gasteiger partial charge on any atom is 0.236 e. The Morgan fingerprint density at radius 3 is 2.11 bits per heavy atom. The van der Waals surface area contributed by atoms with Crippen LogP contribution in [0.3, 0.4) is 0 Å². The number of piperazine rings is 1. The van der Waals surface area contributed by atoms with Crippen molar-refractivity contribution < 1.29 is 9.53 Å². The molecule has 1 heterocycles. The minimum atomic E-state index is 0.273. The predicted octanol–water partition coefficient (Wildman–Crippen LogP) is 2.90. The second-order valence-electron chi connectivity index (χ2n) is 9.62. The molecule has 1 aromatic carbocycles. The predicted molar refractivity (Wildman–Crippen MR) is 111 cm³/mol. The second kappa shape index (κ2) is 7.25. The van der Waals surface area contributed by atoms with Crippen LogP contribution >= 0.6 is 0 Å². The highest BCUT2D eigenvalue weighted by atomic mass is 16.5. The number of hydrogen-bond donors (Lipinski definition) is 1. The minimum absolute atomic E-state index is 0.273. The number of anilines is 1. The summed E-state index contributed by atoms with van der Waals surface area (Å²) >= 11 is 0. The van der Waals surface area contributed by atoms with Crippen LogP contribution in [0.4, 0.5) is 5.69 Å². The largest absolute Gasteiger partial charge is 0.497 e. The van der Waals surface area contributed by atoms with Crippen LogP contribution in [0.5, 0.6) is 5.75 Å². The van der Waals surface area contributed by atoms with E-state index < -0.39 is 0 Å². The summed E-state index contributed by atoms with van der Waals surface area (Å²) in [4.78, 5) is 17.3.